The van der Waals surface area contributed by atoms with Crippen molar-refractivity contribution in [2.45, 2.75) is 13.8 Å². The summed E-state index contributed by atoms with van der Waals surface area (Å²) >= 11 is 0. The van der Waals surface area contributed by atoms with Crippen LogP contribution in [0, 0.1) is 6.92 Å². The highest BCUT2D eigenvalue weighted by molar-refractivity contribution is 6.34. The molecule has 0 aliphatic rings. The van der Waals surface area contributed by atoms with Gasteiger partial charge < -0.3 is 9.84 Å². The van der Waals surface area contributed by atoms with E-state index in [0.717, 1.165) is 17.0 Å². The van der Waals surface area contributed by atoms with Crippen LogP contribution in [0.5, 0.6) is 5.75 Å². The molecule has 0 aliphatic heterocycles. The number of benzene rings is 1. The molecule has 0 spiro atoms. The molecule has 0 amide bonds. The summed E-state index contributed by atoms with van der Waals surface area (Å²) in [4.78, 5) is 10.5. The van der Waals surface area contributed by atoms with Gasteiger partial charge in [0.05, 0.1) is 12.8 Å². The van der Waals surface area contributed by atoms with Crippen LogP contribution in [0.3, 0.4) is 0 Å². The van der Waals surface area contributed by atoms with Crippen LogP contribution in [0.2, 0.25) is 0 Å². The molecule has 0 unspecified atom stereocenters. The van der Waals surface area contributed by atoms with Gasteiger partial charge in [-0.05, 0) is 37.6 Å². The molecular weight excluding hydrogens is 208 g/mol. The number of hydrogen-bond donors (Lipinski definition) is 2. The first kappa shape index (κ1) is 12.0. The standard InChI is InChI=1S/C11H14N2O3/c1-7-6-9(4-5-10(7)16-3)13-12-8(2)11(14)15/h4-6,13H,1-3H3,(H,14,15). The smallest absolute Gasteiger partial charge is 0.351 e. The minimum atomic E-state index is -1.04. The largest absolute Gasteiger partial charge is 0.496 e. The fourth-order valence-electron chi connectivity index (χ4n) is 1.14. The van der Waals surface area contributed by atoms with E-state index in [4.69, 9.17) is 9.84 Å². The molecule has 86 valence electrons. The monoisotopic (exact) mass is 222 g/mol. The van der Waals surface area contributed by atoms with Gasteiger partial charge in [0.15, 0.2) is 0 Å². The molecule has 0 fully saturated rings. The number of rotatable bonds is 4. The van der Waals surface area contributed by atoms with Gasteiger partial charge >= 0.3 is 5.97 Å². The van der Waals surface area contributed by atoms with E-state index in [9.17, 15) is 4.79 Å². The van der Waals surface area contributed by atoms with E-state index in [1.807, 2.05) is 13.0 Å². The first-order chi connectivity index (χ1) is 7.54. The van der Waals surface area contributed by atoms with Gasteiger partial charge in [0.25, 0.3) is 0 Å². The maximum Gasteiger partial charge on any atom is 0.351 e. The van der Waals surface area contributed by atoms with Gasteiger partial charge in [-0.15, -0.1) is 0 Å². The molecule has 0 aliphatic carbocycles. The maximum absolute atomic E-state index is 10.5. The Morgan fingerprint density at radius 3 is 2.69 bits per heavy atom. The summed E-state index contributed by atoms with van der Waals surface area (Å²) < 4.78 is 5.11. The molecule has 1 aromatic carbocycles. The molecular formula is C11H14N2O3. The molecule has 2 N–H and O–H groups in total. The van der Waals surface area contributed by atoms with Crippen LogP contribution in [0.4, 0.5) is 5.69 Å². The molecule has 0 heterocycles. The Morgan fingerprint density at radius 2 is 2.19 bits per heavy atom. The highest BCUT2D eigenvalue weighted by Gasteiger charge is 2.02. The van der Waals surface area contributed by atoms with Crippen molar-refractivity contribution in [2.24, 2.45) is 5.10 Å². The summed E-state index contributed by atoms with van der Waals surface area (Å²) in [6, 6.07) is 5.39. The van der Waals surface area contributed by atoms with Crippen LogP contribution >= 0.6 is 0 Å². The third kappa shape index (κ3) is 2.98. The van der Waals surface area contributed by atoms with E-state index in [-0.39, 0.29) is 5.71 Å². The number of aryl methyl sites for hydroxylation is 1. The zero-order valence-electron chi connectivity index (χ0n) is 9.44. The van der Waals surface area contributed by atoms with Crippen LogP contribution in [-0.4, -0.2) is 23.9 Å². The van der Waals surface area contributed by atoms with Crippen LogP contribution < -0.4 is 10.2 Å². The number of hydrogen-bond acceptors (Lipinski definition) is 4. The van der Waals surface area contributed by atoms with E-state index in [0.29, 0.717) is 0 Å². The zero-order chi connectivity index (χ0) is 12.1. The molecule has 16 heavy (non-hydrogen) atoms. The Kier molecular flexibility index (Phi) is 3.88. The van der Waals surface area contributed by atoms with E-state index in [1.54, 1.807) is 19.2 Å². The summed E-state index contributed by atoms with van der Waals surface area (Å²) in [6.07, 6.45) is 0. The van der Waals surface area contributed by atoms with Gasteiger partial charge in [-0.1, -0.05) is 0 Å². The fourth-order valence-corrected chi connectivity index (χ4v) is 1.14. The number of carbonyl (C=O) groups is 1. The first-order valence-corrected chi connectivity index (χ1v) is 4.73. The molecule has 1 aromatic rings. The number of hydrazone groups is 1. The Hall–Kier alpha value is -2.04. The topological polar surface area (TPSA) is 70.9 Å². The number of aliphatic carboxylic acids is 1. The summed E-state index contributed by atoms with van der Waals surface area (Å²) in [5.41, 5.74) is 4.35. The van der Waals surface area contributed by atoms with Crippen LogP contribution in [0.25, 0.3) is 0 Å². The van der Waals surface area contributed by atoms with Crippen molar-refractivity contribution in [3.8, 4) is 5.75 Å². The van der Waals surface area contributed by atoms with E-state index in [1.165, 1.54) is 6.92 Å². The average Bonchev–Trinajstić information content (AvgIpc) is 2.25. The van der Waals surface area contributed by atoms with Crippen molar-refractivity contribution in [1.82, 2.24) is 0 Å². The van der Waals surface area contributed by atoms with E-state index >= 15 is 0 Å². The van der Waals surface area contributed by atoms with Crippen molar-refractivity contribution in [2.75, 3.05) is 12.5 Å². The van der Waals surface area contributed by atoms with E-state index < -0.39 is 5.97 Å². The maximum atomic E-state index is 10.5. The normalized spacial score (nSPS) is 11.1. The number of methoxy groups -OCH3 is 1. The van der Waals surface area contributed by atoms with Crippen molar-refractivity contribution < 1.29 is 14.6 Å². The van der Waals surface area contributed by atoms with E-state index in [2.05, 4.69) is 10.5 Å². The Labute approximate surface area is 93.7 Å². The van der Waals surface area contributed by atoms with Gasteiger partial charge in [-0.2, -0.15) is 5.10 Å². The molecule has 5 heteroatoms. The lowest BCUT2D eigenvalue weighted by molar-refractivity contribution is -0.129. The Bertz CT molecular complexity index is 427. The van der Waals surface area contributed by atoms with Gasteiger partial charge in [0, 0.05) is 0 Å². The summed E-state index contributed by atoms with van der Waals surface area (Å²) in [5, 5.41) is 12.3. The van der Waals surface area contributed by atoms with Crippen molar-refractivity contribution in [3.63, 3.8) is 0 Å². The number of ether oxygens (including phenoxy) is 1. The molecule has 0 saturated carbocycles. The molecule has 0 saturated heterocycles. The fraction of sp³-hybridized carbons (Fsp3) is 0.273. The van der Waals surface area contributed by atoms with Gasteiger partial charge in [0.2, 0.25) is 0 Å². The minimum Gasteiger partial charge on any atom is -0.496 e. The zero-order valence-corrected chi connectivity index (χ0v) is 9.44. The second kappa shape index (κ2) is 5.16. The van der Waals surface area contributed by atoms with Gasteiger partial charge in [0.1, 0.15) is 11.5 Å². The Balaban J connectivity index is 2.80. The van der Waals surface area contributed by atoms with Gasteiger partial charge in [-0.3, -0.25) is 5.43 Å². The van der Waals surface area contributed by atoms with Crippen LogP contribution in [-0.2, 0) is 4.79 Å². The van der Waals surface area contributed by atoms with Crippen molar-refractivity contribution in [1.29, 1.82) is 0 Å². The molecule has 1 rings (SSSR count). The summed E-state index contributed by atoms with van der Waals surface area (Å²) in [5.74, 6) is -0.262. The lowest BCUT2D eigenvalue weighted by Crippen LogP contribution is -2.10. The number of anilines is 1. The second-order valence-corrected chi connectivity index (χ2v) is 3.30. The third-order valence-corrected chi connectivity index (χ3v) is 2.06. The summed E-state index contributed by atoms with van der Waals surface area (Å²) in [7, 11) is 1.60. The van der Waals surface area contributed by atoms with Crippen molar-refractivity contribution >= 4 is 17.4 Å². The molecule has 0 atom stereocenters. The number of nitrogens with zero attached hydrogens (tertiary/aromatic N) is 1. The molecule has 0 aromatic heterocycles. The third-order valence-electron chi connectivity index (χ3n) is 2.06. The first-order valence-electron chi connectivity index (χ1n) is 4.73. The molecule has 0 bridgehead atoms. The summed E-state index contributed by atoms with van der Waals surface area (Å²) in [6.45, 7) is 3.32. The predicted molar refractivity (Wildman–Crippen MR) is 62.1 cm³/mol. The second-order valence-electron chi connectivity index (χ2n) is 3.30. The number of carboxylic acid groups (broad SMARTS) is 1. The Morgan fingerprint density at radius 1 is 1.50 bits per heavy atom. The van der Waals surface area contributed by atoms with Crippen LogP contribution in [0.15, 0.2) is 23.3 Å². The lowest BCUT2D eigenvalue weighted by atomic mass is 10.2. The number of nitrogens with one attached hydrogen (secondary N) is 1. The van der Waals surface area contributed by atoms with Crippen LogP contribution in [0.1, 0.15) is 12.5 Å². The minimum absolute atomic E-state index is 0.00784. The SMILES string of the molecule is COc1ccc(NN=C(C)C(=O)O)cc1C. The number of carboxylic acids is 1. The lowest BCUT2D eigenvalue weighted by Gasteiger charge is -2.06. The van der Waals surface area contributed by atoms with Crippen molar-refractivity contribution in [3.05, 3.63) is 23.8 Å². The average molecular weight is 222 g/mol. The highest BCUT2D eigenvalue weighted by atomic mass is 16.5. The highest BCUT2D eigenvalue weighted by Crippen LogP contribution is 2.21. The predicted octanol–water partition coefficient (Wildman–Crippen LogP) is 1.88. The molecule has 0 radical (unpaired) electrons. The molecule has 5 nitrogen and oxygen atoms in total. The van der Waals surface area contributed by atoms with Gasteiger partial charge in [-0.25, -0.2) is 4.79 Å². The quantitative estimate of drug-likeness (QED) is 0.602.